The summed E-state index contributed by atoms with van der Waals surface area (Å²) in [4.78, 5) is 17.4. The second kappa shape index (κ2) is 10.2. The Morgan fingerprint density at radius 1 is 0.939 bits per heavy atom. The fourth-order valence-corrected chi connectivity index (χ4v) is 4.24. The van der Waals surface area contributed by atoms with Gasteiger partial charge in [0.1, 0.15) is 18.1 Å². The Bertz CT molecular complexity index is 1120. The minimum Gasteiger partial charge on any atom is -0.496 e. The molecule has 0 saturated carbocycles. The fourth-order valence-electron chi connectivity index (χ4n) is 4.08. The van der Waals surface area contributed by atoms with E-state index in [-0.39, 0.29) is 5.91 Å². The Kier molecular flexibility index (Phi) is 7.09. The average molecular weight is 465 g/mol. The van der Waals surface area contributed by atoms with Crippen molar-refractivity contribution < 1.29 is 14.3 Å². The summed E-state index contributed by atoms with van der Waals surface area (Å²) >= 11 is 6.19. The maximum atomic E-state index is 13.2. The molecule has 0 atom stereocenters. The highest BCUT2D eigenvalue weighted by Gasteiger charge is 2.24. The Labute approximate surface area is 200 Å². The van der Waals surface area contributed by atoms with Crippen LogP contribution in [0.15, 0.2) is 60.7 Å². The van der Waals surface area contributed by atoms with E-state index in [0.29, 0.717) is 31.0 Å². The number of aryl methyl sites for hydroxylation is 2. The normalized spacial score (nSPS) is 13.7. The predicted octanol–water partition coefficient (Wildman–Crippen LogP) is 5.51. The molecule has 1 fully saturated rings. The number of amides is 1. The minimum absolute atomic E-state index is 0.0247. The van der Waals surface area contributed by atoms with Gasteiger partial charge in [0.25, 0.3) is 5.91 Å². The zero-order valence-electron chi connectivity index (χ0n) is 19.3. The van der Waals surface area contributed by atoms with Crippen molar-refractivity contribution >= 4 is 23.2 Å². The zero-order valence-corrected chi connectivity index (χ0v) is 20.1. The second-order valence-electron chi connectivity index (χ2n) is 8.34. The summed E-state index contributed by atoms with van der Waals surface area (Å²) in [6, 6.07) is 19.4. The first-order chi connectivity index (χ1) is 15.9. The number of benzene rings is 3. The molecule has 1 aliphatic rings. The van der Waals surface area contributed by atoms with Gasteiger partial charge in [-0.25, -0.2) is 0 Å². The van der Waals surface area contributed by atoms with E-state index in [9.17, 15) is 4.79 Å². The van der Waals surface area contributed by atoms with Crippen LogP contribution in [0.3, 0.4) is 0 Å². The Morgan fingerprint density at radius 2 is 1.67 bits per heavy atom. The molecule has 0 spiro atoms. The molecule has 1 heterocycles. The highest BCUT2D eigenvalue weighted by molar-refractivity contribution is 6.30. The van der Waals surface area contributed by atoms with Crippen LogP contribution in [0, 0.1) is 13.8 Å². The van der Waals surface area contributed by atoms with E-state index in [1.807, 2.05) is 72.5 Å². The largest absolute Gasteiger partial charge is 0.496 e. The summed E-state index contributed by atoms with van der Waals surface area (Å²) in [5, 5.41) is 0.729. The van der Waals surface area contributed by atoms with Gasteiger partial charge in [-0.3, -0.25) is 4.79 Å². The van der Waals surface area contributed by atoms with Crippen LogP contribution >= 0.6 is 11.6 Å². The number of hydrogen-bond donors (Lipinski definition) is 0. The highest BCUT2D eigenvalue weighted by atomic mass is 35.5. The molecule has 5 nitrogen and oxygen atoms in total. The van der Waals surface area contributed by atoms with Gasteiger partial charge in [0, 0.05) is 48.0 Å². The van der Waals surface area contributed by atoms with Crippen molar-refractivity contribution in [1.29, 1.82) is 0 Å². The van der Waals surface area contributed by atoms with Crippen molar-refractivity contribution in [3.8, 4) is 11.5 Å². The molecule has 6 heteroatoms. The summed E-state index contributed by atoms with van der Waals surface area (Å²) < 4.78 is 11.4. The number of halogens is 1. The van der Waals surface area contributed by atoms with Crippen molar-refractivity contribution in [1.82, 2.24) is 4.90 Å². The van der Waals surface area contributed by atoms with Crippen LogP contribution in [0.5, 0.6) is 11.5 Å². The maximum Gasteiger partial charge on any atom is 0.253 e. The van der Waals surface area contributed by atoms with Gasteiger partial charge in [-0.15, -0.1) is 0 Å². The lowest BCUT2D eigenvalue weighted by molar-refractivity contribution is 0.0746. The summed E-state index contributed by atoms with van der Waals surface area (Å²) in [6.07, 6.45) is 0. The number of methoxy groups -OCH3 is 1. The molecular weight excluding hydrogens is 436 g/mol. The van der Waals surface area contributed by atoms with Crippen molar-refractivity contribution in [3.63, 3.8) is 0 Å². The average Bonchev–Trinajstić information content (AvgIpc) is 2.84. The number of carbonyl (C=O) groups excluding carboxylic acids is 1. The lowest BCUT2D eigenvalue weighted by atomic mass is 10.1. The third-order valence-electron chi connectivity index (χ3n) is 6.02. The van der Waals surface area contributed by atoms with E-state index in [2.05, 4.69) is 11.8 Å². The number of anilines is 1. The first-order valence-electron chi connectivity index (χ1n) is 11.1. The molecule has 0 bridgehead atoms. The van der Waals surface area contributed by atoms with Crippen molar-refractivity contribution in [2.75, 3.05) is 38.2 Å². The summed E-state index contributed by atoms with van der Waals surface area (Å²) in [7, 11) is 1.63. The topological polar surface area (TPSA) is 42.0 Å². The van der Waals surface area contributed by atoms with E-state index in [0.717, 1.165) is 35.1 Å². The molecular formula is C27H29ClN2O3. The van der Waals surface area contributed by atoms with Crippen molar-refractivity contribution in [3.05, 3.63) is 87.9 Å². The van der Waals surface area contributed by atoms with Crippen LogP contribution in [-0.4, -0.2) is 44.1 Å². The summed E-state index contributed by atoms with van der Waals surface area (Å²) in [6.45, 7) is 7.31. The highest BCUT2D eigenvalue weighted by Crippen LogP contribution is 2.27. The number of ether oxygens (including phenoxy) is 2. The van der Waals surface area contributed by atoms with Crippen molar-refractivity contribution in [2.24, 2.45) is 0 Å². The molecule has 3 aromatic rings. The zero-order chi connectivity index (χ0) is 23.4. The molecule has 0 aliphatic carbocycles. The summed E-state index contributed by atoms with van der Waals surface area (Å²) in [5.41, 5.74) is 4.99. The lowest BCUT2D eigenvalue weighted by Gasteiger charge is -2.37. The van der Waals surface area contributed by atoms with Crippen LogP contribution in [0.1, 0.15) is 27.0 Å². The van der Waals surface area contributed by atoms with Gasteiger partial charge >= 0.3 is 0 Å². The third kappa shape index (κ3) is 5.42. The molecule has 1 amide bonds. The summed E-state index contributed by atoms with van der Waals surface area (Å²) in [5.74, 6) is 1.52. The maximum absolute atomic E-state index is 13.2. The first kappa shape index (κ1) is 23.0. The molecule has 0 radical (unpaired) electrons. The quantitative estimate of drug-likeness (QED) is 0.482. The van der Waals surface area contributed by atoms with Gasteiger partial charge in [0.05, 0.1) is 7.11 Å². The smallest absolute Gasteiger partial charge is 0.253 e. The molecule has 0 N–H and O–H groups in total. The fraction of sp³-hybridized carbons (Fsp3) is 0.296. The molecule has 1 aliphatic heterocycles. The SMILES string of the molecule is COc1ccc(C(=O)N2CCN(c3cc(Cl)ccc3C)CC2)cc1COc1ccc(C)cc1. The molecule has 1 saturated heterocycles. The van der Waals surface area contributed by atoms with Crippen LogP contribution in [0.25, 0.3) is 0 Å². The predicted molar refractivity (Wildman–Crippen MR) is 133 cm³/mol. The minimum atomic E-state index is 0.0247. The van der Waals surface area contributed by atoms with E-state index < -0.39 is 0 Å². The van der Waals surface area contributed by atoms with E-state index in [1.165, 1.54) is 11.1 Å². The van der Waals surface area contributed by atoms with Crippen LogP contribution in [-0.2, 0) is 6.61 Å². The van der Waals surface area contributed by atoms with E-state index in [4.69, 9.17) is 21.1 Å². The van der Waals surface area contributed by atoms with Crippen LogP contribution in [0.4, 0.5) is 5.69 Å². The number of nitrogens with zero attached hydrogens (tertiary/aromatic N) is 2. The molecule has 0 aromatic heterocycles. The van der Waals surface area contributed by atoms with Crippen LogP contribution < -0.4 is 14.4 Å². The number of hydrogen-bond acceptors (Lipinski definition) is 4. The number of piperazine rings is 1. The Balaban J connectivity index is 1.43. The van der Waals surface area contributed by atoms with E-state index >= 15 is 0 Å². The molecule has 33 heavy (non-hydrogen) atoms. The number of carbonyl (C=O) groups is 1. The Hall–Kier alpha value is -3.18. The standard InChI is InChI=1S/C27H29ClN2O3/c1-19-4-9-24(10-5-19)33-18-22-16-21(7-11-26(22)32-3)27(31)30-14-12-29(13-15-30)25-17-23(28)8-6-20(25)2/h4-11,16-17H,12-15,18H2,1-3H3. The first-order valence-corrected chi connectivity index (χ1v) is 11.5. The van der Waals surface area contributed by atoms with Gasteiger partial charge < -0.3 is 19.3 Å². The number of rotatable bonds is 6. The van der Waals surface area contributed by atoms with E-state index in [1.54, 1.807) is 7.11 Å². The monoisotopic (exact) mass is 464 g/mol. The molecule has 0 unspecified atom stereocenters. The molecule has 172 valence electrons. The third-order valence-corrected chi connectivity index (χ3v) is 6.26. The lowest BCUT2D eigenvalue weighted by Crippen LogP contribution is -2.49. The van der Waals surface area contributed by atoms with Gasteiger partial charge in [-0.1, -0.05) is 35.4 Å². The Morgan fingerprint density at radius 3 is 2.36 bits per heavy atom. The van der Waals surface area contributed by atoms with Crippen LogP contribution in [0.2, 0.25) is 5.02 Å². The molecule has 4 rings (SSSR count). The van der Waals surface area contributed by atoms with Gasteiger partial charge in [-0.2, -0.15) is 0 Å². The van der Waals surface area contributed by atoms with Gasteiger partial charge in [0.2, 0.25) is 0 Å². The second-order valence-corrected chi connectivity index (χ2v) is 8.77. The van der Waals surface area contributed by atoms with Crippen molar-refractivity contribution in [2.45, 2.75) is 20.5 Å². The van der Waals surface area contributed by atoms with Gasteiger partial charge in [0.15, 0.2) is 0 Å². The van der Waals surface area contributed by atoms with Gasteiger partial charge in [-0.05, 0) is 61.9 Å². The molecule has 3 aromatic carbocycles.